The number of benzene rings is 1. The smallest absolute Gasteiger partial charge is 0.338 e. The highest BCUT2D eigenvalue weighted by atomic mass is 16.6. The summed E-state index contributed by atoms with van der Waals surface area (Å²) in [6.45, 7) is 6.48. The molecule has 0 aromatic heterocycles. The molecule has 1 aromatic rings. The van der Waals surface area contributed by atoms with Crippen LogP contribution < -0.4 is 0 Å². The molecular weight excluding hydrogens is 292 g/mol. The number of ether oxygens (including phenoxy) is 2. The van der Waals surface area contributed by atoms with E-state index in [1.165, 1.54) is 0 Å². The zero-order valence-electron chi connectivity index (χ0n) is 14.4. The molecule has 0 saturated heterocycles. The normalized spacial score (nSPS) is 12.0. The van der Waals surface area contributed by atoms with Gasteiger partial charge in [0.05, 0.1) is 18.6 Å². The molecular formula is C19H28O4. The number of carbonyl (C=O) groups excluding carboxylic acids is 2. The first-order valence-corrected chi connectivity index (χ1v) is 8.44. The molecule has 4 heteroatoms. The van der Waals surface area contributed by atoms with Crippen molar-refractivity contribution < 1.29 is 19.1 Å². The predicted octanol–water partition coefficient (Wildman–Crippen LogP) is 4.38. The summed E-state index contributed by atoms with van der Waals surface area (Å²) in [5.41, 5.74) is 0.503. The first-order chi connectivity index (χ1) is 11.0. The van der Waals surface area contributed by atoms with Crippen molar-refractivity contribution in [2.45, 2.75) is 59.0 Å². The van der Waals surface area contributed by atoms with Crippen LogP contribution in [0.2, 0.25) is 0 Å². The predicted molar refractivity (Wildman–Crippen MR) is 90.2 cm³/mol. The van der Waals surface area contributed by atoms with Crippen molar-refractivity contribution in [3.05, 3.63) is 35.9 Å². The third-order valence-electron chi connectivity index (χ3n) is 3.38. The largest absolute Gasteiger partial charge is 0.465 e. The van der Waals surface area contributed by atoms with E-state index in [9.17, 15) is 9.59 Å². The van der Waals surface area contributed by atoms with Crippen molar-refractivity contribution in [1.29, 1.82) is 0 Å². The molecule has 128 valence electrons. The summed E-state index contributed by atoms with van der Waals surface area (Å²) in [5.74, 6) is -0.394. The van der Waals surface area contributed by atoms with Crippen LogP contribution in [-0.2, 0) is 14.3 Å². The van der Waals surface area contributed by atoms with Crippen LogP contribution in [0.5, 0.6) is 0 Å². The van der Waals surface area contributed by atoms with Gasteiger partial charge in [-0.25, -0.2) is 4.79 Å². The average Bonchev–Trinajstić information content (AvgIpc) is 2.54. The van der Waals surface area contributed by atoms with E-state index >= 15 is 0 Å². The fraction of sp³-hybridized carbons (Fsp3) is 0.579. The van der Waals surface area contributed by atoms with Crippen LogP contribution >= 0.6 is 0 Å². The molecule has 0 aliphatic rings. The number of esters is 2. The highest BCUT2D eigenvalue weighted by Gasteiger charge is 2.20. The lowest BCUT2D eigenvalue weighted by Crippen LogP contribution is -2.23. The van der Waals surface area contributed by atoms with Crippen LogP contribution in [0.15, 0.2) is 30.3 Å². The van der Waals surface area contributed by atoms with Gasteiger partial charge in [-0.15, -0.1) is 0 Å². The minimum Gasteiger partial charge on any atom is -0.465 e. The highest BCUT2D eigenvalue weighted by molar-refractivity contribution is 5.89. The van der Waals surface area contributed by atoms with Gasteiger partial charge in [-0.1, -0.05) is 51.8 Å². The van der Waals surface area contributed by atoms with Crippen molar-refractivity contribution in [2.75, 3.05) is 6.61 Å². The van der Waals surface area contributed by atoms with E-state index in [-0.39, 0.29) is 18.4 Å². The van der Waals surface area contributed by atoms with Gasteiger partial charge in [0.1, 0.15) is 6.10 Å². The van der Waals surface area contributed by atoms with Crippen LogP contribution in [0.4, 0.5) is 0 Å². The van der Waals surface area contributed by atoms with E-state index in [0.29, 0.717) is 24.5 Å². The number of hydrogen-bond donors (Lipinski definition) is 0. The lowest BCUT2D eigenvalue weighted by atomic mass is 10.1. The molecule has 0 bridgehead atoms. The van der Waals surface area contributed by atoms with Gasteiger partial charge in [0.15, 0.2) is 0 Å². The topological polar surface area (TPSA) is 52.6 Å². The van der Waals surface area contributed by atoms with Gasteiger partial charge in [0.25, 0.3) is 0 Å². The van der Waals surface area contributed by atoms with Gasteiger partial charge in [-0.2, -0.15) is 0 Å². The maximum absolute atomic E-state index is 12.2. The molecule has 0 N–H and O–H groups in total. The van der Waals surface area contributed by atoms with Crippen LogP contribution in [0.3, 0.4) is 0 Å². The van der Waals surface area contributed by atoms with Crippen LogP contribution in [0.25, 0.3) is 0 Å². The molecule has 0 aliphatic carbocycles. The van der Waals surface area contributed by atoms with Gasteiger partial charge in [-0.3, -0.25) is 4.79 Å². The molecule has 0 amide bonds. The Labute approximate surface area is 139 Å². The SMILES string of the molecule is CCCCCC(CC(=O)OCC(C)C)OC(=O)c1ccccc1. The molecule has 4 nitrogen and oxygen atoms in total. The van der Waals surface area contributed by atoms with Crippen molar-refractivity contribution in [3.63, 3.8) is 0 Å². The van der Waals surface area contributed by atoms with Crippen molar-refractivity contribution in [1.82, 2.24) is 0 Å². The summed E-state index contributed by atoms with van der Waals surface area (Å²) in [4.78, 5) is 24.1. The van der Waals surface area contributed by atoms with Gasteiger partial charge in [0.2, 0.25) is 0 Å². The Balaban J connectivity index is 2.57. The molecule has 0 fully saturated rings. The standard InChI is InChI=1S/C19H28O4/c1-4-5-7-12-17(13-18(20)22-14-15(2)3)23-19(21)16-10-8-6-9-11-16/h6,8-11,15,17H,4-5,7,12-14H2,1-3H3. The third kappa shape index (κ3) is 8.38. The fourth-order valence-electron chi connectivity index (χ4n) is 2.12. The zero-order chi connectivity index (χ0) is 17.1. The Bertz CT molecular complexity index is 468. The second-order valence-electron chi connectivity index (χ2n) is 6.17. The van der Waals surface area contributed by atoms with Gasteiger partial charge < -0.3 is 9.47 Å². The number of hydrogen-bond acceptors (Lipinski definition) is 4. The second kappa shape index (κ2) is 10.8. The molecule has 0 aliphatic heterocycles. The Hall–Kier alpha value is -1.84. The van der Waals surface area contributed by atoms with E-state index in [1.54, 1.807) is 24.3 Å². The van der Waals surface area contributed by atoms with Crippen molar-refractivity contribution in [3.8, 4) is 0 Å². The summed E-state index contributed by atoms with van der Waals surface area (Å²) in [7, 11) is 0. The molecule has 1 rings (SSSR count). The maximum Gasteiger partial charge on any atom is 0.338 e. The Morgan fingerprint density at radius 1 is 1.09 bits per heavy atom. The maximum atomic E-state index is 12.2. The van der Waals surface area contributed by atoms with E-state index in [2.05, 4.69) is 6.92 Å². The van der Waals surface area contributed by atoms with E-state index in [0.717, 1.165) is 19.3 Å². The molecule has 0 heterocycles. The molecule has 0 radical (unpaired) electrons. The van der Waals surface area contributed by atoms with Gasteiger partial charge >= 0.3 is 11.9 Å². The van der Waals surface area contributed by atoms with Crippen molar-refractivity contribution in [2.24, 2.45) is 5.92 Å². The summed E-state index contributed by atoms with van der Waals surface area (Å²) >= 11 is 0. The fourth-order valence-corrected chi connectivity index (χ4v) is 2.12. The highest BCUT2D eigenvalue weighted by Crippen LogP contribution is 2.14. The number of carbonyl (C=O) groups is 2. The quantitative estimate of drug-likeness (QED) is 0.474. The Morgan fingerprint density at radius 2 is 1.78 bits per heavy atom. The molecule has 23 heavy (non-hydrogen) atoms. The number of rotatable bonds is 10. The summed E-state index contributed by atoms with van der Waals surface area (Å²) in [6.07, 6.45) is 3.45. The lowest BCUT2D eigenvalue weighted by Gasteiger charge is -2.18. The van der Waals surface area contributed by atoms with Gasteiger partial charge in [0, 0.05) is 0 Å². The first kappa shape index (κ1) is 19.2. The van der Waals surface area contributed by atoms with Crippen LogP contribution in [0.1, 0.15) is 63.2 Å². The molecule has 0 spiro atoms. The Morgan fingerprint density at radius 3 is 2.39 bits per heavy atom. The summed E-state index contributed by atoms with van der Waals surface area (Å²) in [5, 5.41) is 0. The van der Waals surface area contributed by atoms with E-state index in [1.807, 2.05) is 19.9 Å². The van der Waals surface area contributed by atoms with E-state index < -0.39 is 6.10 Å². The molecule has 1 aromatic carbocycles. The first-order valence-electron chi connectivity index (χ1n) is 8.44. The Kier molecular flexibility index (Phi) is 9.03. The number of unbranched alkanes of at least 4 members (excludes halogenated alkanes) is 2. The molecule has 0 saturated carbocycles. The summed E-state index contributed by atoms with van der Waals surface area (Å²) in [6, 6.07) is 8.85. The third-order valence-corrected chi connectivity index (χ3v) is 3.38. The van der Waals surface area contributed by atoms with Crippen LogP contribution in [-0.4, -0.2) is 24.6 Å². The molecule has 1 unspecified atom stereocenters. The van der Waals surface area contributed by atoms with Crippen LogP contribution in [0, 0.1) is 5.92 Å². The second-order valence-corrected chi connectivity index (χ2v) is 6.17. The minimum atomic E-state index is -0.422. The minimum absolute atomic E-state index is 0.120. The van der Waals surface area contributed by atoms with Gasteiger partial charge in [-0.05, 0) is 30.9 Å². The van der Waals surface area contributed by atoms with Crippen molar-refractivity contribution >= 4 is 11.9 Å². The zero-order valence-corrected chi connectivity index (χ0v) is 14.4. The molecule has 1 atom stereocenters. The van der Waals surface area contributed by atoms with E-state index in [4.69, 9.17) is 9.47 Å². The summed E-state index contributed by atoms with van der Waals surface area (Å²) < 4.78 is 10.7. The monoisotopic (exact) mass is 320 g/mol. The lowest BCUT2D eigenvalue weighted by molar-refractivity contribution is -0.147. The average molecular weight is 320 g/mol.